The molecular formula is C13H7Cl3OS. The largest absolute Gasteiger partial charge is 0.276 e. The summed E-state index contributed by atoms with van der Waals surface area (Å²) in [6.45, 7) is 0. The first kappa shape index (κ1) is 13.8. The van der Waals surface area contributed by atoms with E-state index in [4.69, 9.17) is 34.8 Å². The molecule has 2 aromatic rings. The fourth-order valence-electron chi connectivity index (χ4n) is 1.39. The molecule has 0 bridgehead atoms. The summed E-state index contributed by atoms with van der Waals surface area (Å²) < 4.78 is 0. The highest BCUT2D eigenvalue weighted by Gasteiger charge is 2.10. The Hall–Kier alpha value is -0.670. The Kier molecular flexibility index (Phi) is 4.57. The fourth-order valence-corrected chi connectivity index (χ4v) is 2.95. The van der Waals surface area contributed by atoms with Gasteiger partial charge in [-0.25, -0.2) is 0 Å². The molecule has 0 N–H and O–H groups in total. The second kappa shape index (κ2) is 5.98. The van der Waals surface area contributed by atoms with E-state index in [2.05, 4.69) is 0 Å². The van der Waals surface area contributed by atoms with E-state index in [0.717, 1.165) is 9.79 Å². The number of carbonyl (C=O) groups excluding carboxylic acids is 1. The molecular weight excluding hydrogens is 311 g/mol. The molecule has 2 aromatic carbocycles. The van der Waals surface area contributed by atoms with E-state index in [-0.39, 0.29) is 0 Å². The van der Waals surface area contributed by atoms with Crippen molar-refractivity contribution in [2.75, 3.05) is 0 Å². The summed E-state index contributed by atoms with van der Waals surface area (Å²) in [5.74, 6) is 0. The van der Waals surface area contributed by atoms with Crippen LogP contribution in [0.4, 0.5) is 0 Å². The van der Waals surface area contributed by atoms with Gasteiger partial charge in [-0.15, -0.1) is 0 Å². The van der Waals surface area contributed by atoms with E-state index in [0.29, 0.717) is 15.6 Å². The third-order valence-corrected chi connectivity index (χ3v) is 4.23. The average Bonchev–Trinajstić information content (AvgIpc) is 2.34. The first-order chi connectivity index (χ1) is 8.58. The fraction of sp³-hybridized carbons (Fsp3) is 0. The first-order valence-electron chi connectivity index (χ1n) is 4.99. The van der Waals surface area contributed by atoms with Crippen molar-refractivity contribution >= 4 is 51.8 Å². The van der Waals surface area contributed by atoms with Gasteiger partial charge in [0.15, 0.2) is 0 Å². The molecule has 0 saturated carbocycles. The monoisotopic (exact) mass is 316 g/mol. The molecule has 0 unspecified atom stereocenters. The lowest BCUT2D eigenvalue weighted by atomic mass is 10.2. The lowest BCUT2D eigenvalue weighted by Gasteiger charge is -2.06. The summed E-state index contributed by atoms with van der Waals surface area (Å²) in [4.78, 5) is 13.0. The van der Waals surface area contributed by atoms with Crippen molar-refractivity contribution in [3.05, 3.63) is 58.1 Å². The second-order valence-electron chi connectivity index (χ2n) is 3.45. The second-order valence-corrected chi connectivity index (χ2v) is 5.72. The summed E-state index contributed by atoms with van der Waals surface area (Å²) in [6, 6.07) is 12.5. The van der Waals surface area contributed by atoms with Gasteiger partial charge in [0.2, 0.25) is 0 Å². The van der Waals surface area contributed by atoms with E-state index in [1.807, 2.05) is 18.2 Å². The van der Waals surface area contributed by atoms with Crippen LogP contribution < -0.4 is 0 Å². The summed E-state index contributed by atoms with van der Waals surface area (Å²) >= 11 is 18.7. The molecule has 2 rings (SSSR count). The molecule has 0 radical (unpaired) electrons. The summed E-state index contributed by atoms with van der Waals surface area (Å²) in [5, 5.41) is 0.511. The smallest absolute Gasteiger partial charge is 0.253 e. The summed E-state index contributed by atoms with van der Waals surface area (Å²) in [6.07, 6.45) is 0. The van der Waals surface area contributed by atoms with E-state index in [1.54, 1.807) is 24.3 Å². The molecule has 0 fully saturated rings. The first-order valence-corrected chi connectivity index (χ1v) is 6.95. The lowest BCUT2D eigenvalue weighted by Crippen LogP contribution is -1.91. The predicted octanol–water partition coefficient (Wildman–Crippen LogP) is 5.52. The third kappa shape index (κ3) is 3.21. The SMILES string of the molecule is O=C(Cl)c1ccccc1Sc1ccc(Cl)c(Cl)c1. The number of hydrogen-bond acceptors (Lipinski definition) is 2. The summed E-state index contributed by atoms with van der Waals surface area (Å²) in [5.41, 5.74) is 0.482. The Bertz CT molecular complexity index is 599. The van der Waals surface area contributed by atoms with Gasteiger partial charge in [-0.05, 0) is 41.9 Å². The Morgan fingerprint density at radius 2 is 1.72 bits per heavy atom. The van der Waals surface area contributed by atoms with Crippen molar-refractivity contribution in [1.82, 2.24) is 0 Å². The van der Waals surface area contributed by atoms with Gasteiger partial charge in [-0.2, -0.15) is 0 Å². The normalized spacial score (nSPS) is 10.4. The van der Waals surface area contributed by atoms with Crippen molar-refractivity contribution in [1.29, 1.82) is 0 Å². The van der Waals surface area contributed by atoms with Gasteiger partial charge in [0.25, 0.3) is 5.24 Å². The third-order valence-electron chi connectivity index (χ3n) is 2.22. The van der Waals surface area contributed by atoms with E-state index < -0.39 is 5.24 Å². The minimum absolute atomic E-state index is 0.474. The van der Waals surface area contributed by atoms with Crippen LogP contribution in [0.5, 0.6) is 0 Å². The number of carbonyl (C=O) groups is 1. The Labute approximate surface area is 124 Å². The Balaban J connectivity index is 2.34. The van der Waals surface area contributed by atoms with Crippen molar-refractivity contribution < 1.29 is 4.79 Å². The topological polar surface area (TPSA) is 17.1 Å². The van der Waals surface area contributed by atoms with Crippen LogP contribution in [0.1, 0.15) is 10.4 Å². The van der Waals surface area contributed by atoms with Gasteiger partial charge in [0.05, 0.1) is 10.0 Å². The van der Waals surface area contributed by atoms with Crippen molar-refractivity contribution in [2.45, 2.75) is 9.79 Å². The quantitative estimate of drug-likeness (QED) is 0.693. The van der Waals surface area contributed by atoms with E-state index >= 15 is 0 Å². The molecule has 5 heteroatoms. The van der Waals surface area contributed by atoms with Crippen LogP contribution in [0.2, 0.25) is 10.0 Å². The van der Waals surface area contributed by atoms with Crippen LogP contribution in [0, 0.1) is 0 Å². The zero-order valence-electron chi connectivity index (χ0n) is 8.99. The maximum Gasteiger partial charge on any atom is 0.253 e. The molecule has 0 aromatic heterocycles. The minimum atomic E-state index is -0.474. The van der Waals surface area contributed by atoms with Crippen LogP contribution in [0.15, 0.2) is 52.3 Å². The molecule has 1 nitrogen and oxygen atoms in total. The molecule has 0 saturated heterocycles. The maximum atomic E-state index is 11.3. The highest BCUT2D eigenvalue weighted by molar-refractivity contribution is 7.99. The van der Waals surface area contributed by atoms with E-state index in [1.165, 1.54) is 11.8 Å². The standard InChI is InChI=1S/C13H7Cl3OS/c14-10-6-5-8(7-11(10)15)18-12-4-2-1-3-9(12)13(16)17/h1-7H. The highest BCUT2D eigenvalue weighted by atomic mass is 35.5. The van der Waals surface area contributed by atoms with Crippen molar-refractivity contribution in [3.63, 3.8) is 0 Å². The molecule has 0 amide bonds. The molecule has 0 aliphatic heterocycles. The molecule has 0 spiro atoms. The molecule has 0 heterocycles. The molecule has 92 valence electrons. The molecule has 0 aliphatic carbocycles. The number of halogens is 3. The number of rotatable bonds is 3. The van der Waals surface area contributed by atoms with Gasteiger partial charge < -0.3 is 0 Å². The average molecular weight is 318 g/mol. The lowest BCUT2D eigenvalue weighted by molar-refractivity contribution is 0.107. The van der Waals surface area contributed by atoms with Crippen LogP contribution in [0.3, 0.4) is 0 Å². The van der Waals surface area contributed by atoms with Gasteiger partial charge in [-0.3, -0.25) is 4.79 Å². The Morgan fingerprint density at radius 1 is 1.00 bits per heavy atom. The van der Waals surface area contributed by atoms with Gasteiger partial charge in [-0.1, -0.05) is 47.1 Å². The van der Waals surface area contributed by atoms with Gasteiger partial charge in [0, 0.05) is 15.4 Å². The Morgan fingerprint density at radius 3 is 2.39 bits per heavy atom. The van der Waals surface area contributed by atoms with Crippen LogP contribution in [-0.2, 0) is 0 Å². The van der Waals surface area contributed by atoms with Crippen molar-refractivity contribution in [2.24, 2.45) is 0 Å². The molecule has 0 atom stereocenters. The van der Waals surface area contributed by atoms with Gasteiger partial charge in [0.1, 0.15) is 0 Å². The van der Waals surface area contributed by atoms with Crippen LogP contribution in [0.25, 0.3) is 0 Å². The highest BCUT2D eigenvalue weighted by Crippen LogP contribution is 2.34. The zero-order valence-corrected chi connectivity index (χ0v) is 12.1. The van der Waals surface area contributed by atoms with Crippen LogP contribution >= 0.6 is 46.6 Å². The zero-order chi connectivity index (χ0) is 13.1. The molecule has 0 aliphatic rings. The van der Waals surface area contributed by atoms with E-state index in [9.17, 15) is 4.79 Å². The van der Waals surface area contributed by atoms with Gasteiger partial charge >= 0.3 is 0 Å². The molecule has 18 heavy (non-hydrogen) atoms. The predicted molar refractivity (Wildman–Crippen MR) is 77.2 cm³/mol. The van der Waals surface area contributed by atoms with Crippen LogP contribution in [-0.4, -0.2) is 5.24 Å². The number of hydrogen-bond donors (Lipinski definition) is 0. The minimum Gasteiger partial charge on any atom is -0.276 e. The van der Waals surface area contributed by atoms with Crippen molar-refractivity contribution in [3.8, 4) is 0 Å². The maximum absolute atomic E-state index is 11.3. The number of benzene rings is 2. The summed E-state index contributed by atoms with van der Waals surface area (Å²) in [7, 11) is 0.